The number of hydrogen-bond acceptors (Lipinski definition) is 27. The number of hydrogen-bond donors (Lipinski definition) is 10. The molecule has 31 heteroatoms. The molecule has 27 atom stereocenters. The van der Waals surface area contributed by atoms with Crippen molar-refractivity contribution in [2.75, 3.05) is 26.9 Å². The Morgan fingerprint density at radius 2 is 1.34 bits per heavy atom. The molecule has 9 aliphatic rings. The molecule has 5 heterocycles. The van der Waals surface area contributed by atoms with Gasteiger partial charge in [-0.25, -0.2) is 8.37 Å². The lowest BCUT2D eigenvalue weighted by molar-refractivity contribution is -0.389. The Balaban J connectivity index is 0.919. The summed E-state index contributed by atoms with van der Waals surface area (Å²) in [6.45, 7) is 12.5. The first-order valence-electron chi connectivity index (χ1n) is 28.8. The summed E-state index contributed by atoms with van der Waals surface area (Å²) in [5.74, 6) is -1.46. The van der Waals surface area contributed by atoms with Crippen LogP contribution in [0.3, 0.4) is 0 Å². The van der Waals surface area contributed by atoms with Gasteiger partial charge in [0.05, 0.1) is 43.4 Å². The summed E-state index contributed by atoms with van der Waals surface area (Å²) in [4.78, 5) is 42.0. The lowest BCUT2D eigenvalue weighted by Crippen LogP contribution is -2.67. The summed E-state index contributed by atoms with van der Waals surface area (Å²) in [7, 11) is -9.29. The minimum Gasteiger partial charge on any atom is -0.458 e. The zero-order valence-electron chi connectivity index (χ0n) is 48.8. The Morgan fingerprint density at radius 3 is 1.96 bits per heavy atom. The zero-order chi connectivity index (χ0) is 62.6. The number of ketones is 2. The lowest BCUT2D eigenvalue weighted by atomic mass is 9.41. The zero-order valence-corrected chi connectivity index (χ0v) is 50.4. The summed E-state index contributed by atoms with van der Waals surface area (Å²) in [5, 5.41) is 89.5. The Bertz CT molecular complexity index is 2730. The summed E-state index contributed by atoms with van der Waals surface area (Å²) in [6.07, 6.45) is -30.4. The topological polar surface area (TPSA) is 433 Å². The Labute approximate surface area is 492 Å². The lowest BCUT2D eigenvalue weighted by Gasteiger charge is -2.63. The van der Waals surface area contributed by atoms with E-state index in [1.165, 1.54) is 6.92 Å². The van der Waals surface area contributed by atoms with Crippen LogP contribution in [0.15, 0.2) is 11.6 Å². The Morgan fingerprint density at radius 1 is 0.729 bits per heavy atom. The molecule has 486 valence electrons. The number of ether oxygens (including phenoxy) is 10. The van der Waals surface area contributed by atoms with Crippen molar-refractivity contribution in [1.29, 1.82) is 0 Å². The van der Waals surface area contributed by atoms with Crippen LogP contribution in [0.4, 0.5) is 0 Å². The summed E-state index contributed by atoms with van der Waals surface area (Å²) in [6, 6.07) is 0. The molecule has 85 heavy (non-hydrogen) atoms. The van der Waals surface area contributed by atoms with E-state index < -0.39 is 203 Å². The molecule has 0 bridgehead atoms. The number of carbonyl (C=O) groups is 3. The van der Waals surface area contributed by atoms with Gasteiger partial charge in [0, 0.05) is 31.8 Å². The van der Waals surface area contributed by atoms with Crippen molar-refractivity contribution in [2.45, 2.75) is 235 Å². The average Bonchev–Trinajstić information content (AvgIpc) is 1.70. The van der Waals surface area contributed by atoms with Crippen LogP contribution in [-0.4, -0.2) is 240 Å². The van der Waals surface area contributed by atoms with Gasteiger partial charge in [0.1, 0.15) is 103 Å². The van der Waals surface area contributed by atoms with E-state index >= 15 is 0 Å². The van der Waals surface area contributed by atoms with Crippen LogP contribution in [0.1, 0.15) is 107 Å². The van der Waals surface area contributed by atoms with E-state index in [4.69, 9.17) is 51.6 Å². The van der Waals surface area contributed by atoms with Crippen LogP contribution >= 0.6 is 0 Å². The third kappa shape index (κ3) is 12.1. The smallest absolute Gasteiger partial charge is 0.397 e. The number of rotatable bonds is 19. The Kier molecular flexibility index (Phi) is 19.2. The standard InChI is InChI=1S/C54H84O29S2/c1-22(2)16-24(56)17-53(8)44-27(57)18-52(7)26-10-11-31-50(4,5)32(13-14-51(31,6)25(26)12-15-54(44,52)49(65)82-53)78-48-43(35(60)30(20-73-48)83-85(69,70)71)81-45-37(62)36(61)40(23(3)75-45)79-47-39(64)42(34(59)29(77-47)21-74-84(66,67)68)80-46-38(63)41(72-9)33(58)28(19-55)76-46/h10,22-23,25,28-48,55,58-64H,11-21H2,1-9H3,(H,66,67,68)(H,69,70,71)/t23-,25+,28-,29-,30-,31+,32+,33-,34-,35+,36-,37-,38-,39-,40-,41+,42+,43-,44-,45+,46+,47+,48+,51-,52+,53+,54-/m1/s1. The number of methoxy groups -OCH3 is 1. The largest absolute Gasteiger partial charge is 0.458 e. The van der Waals surface area contributed by atoms with Gasteiger partial charge in [-0.2, -0.15) is 16.8 Å². The number of fused-ring (bicyclic) bond motifs is 4. The van der Waals surface area contributed by atoms with Crippen molar-refractivity contribution in [3.05, 3.63) is 11.6 Å². The van der Waals surface area contributed by atoms with E-state index in [0.717, 1.165) is 12.7 Å². The number of cyclic esters (lactones) is 1. The number of esters is 1. The second-order valence-electron chi connectivity index (χ2n) is 26.3. The minimum atomic E-state index is -5.23. The van der Waals surface area contributed by atoms with Gasteiger partial charge >= 0.3 is 26.8 Å². The quantitative estimate of drug-likeness (QED) is 0.0408. The second kappa shape index (κ2) is 24.3. The molecule has 0 radical (unpaired) electrons. The van der Waals surface area contributed by atoms with Crippen LogP contribution < -0.4 is 0 Å². The highest BCUT2D eigenvalue weighted by atomic mass is 32.3. The van der Waals surface area contributed by atoms with Gasteiger partial charge in [-0.1, -0.05) is 53.2 Å². The summed E-state index contributed by atoms with van der Waals surface area (Å²) < 4.78 is 135. The highest BCUT2D eigenvalue weighted by Gasteiger charge is 2.79. The van der Waals surface area contributed by atoms with Gasteiger partial charge in [0.25, 0.3) is 0 Å². The maximum absolute atomic E-state index is 14.4. The highest BCUT2D eigenvalue weighted by Crippen LogP contribution is 2.75. The SMILES string of the molecule is CO[C@@H]1[C@@H](O)[C@H](O[C@@H]2[C@@H](O)[C@H](O[C@H]3[C@H](O)[C@@H](O)[C@H](O[C@H]4[C@H](O[C@H]5CC[C@]6(C)[C@H]7CC[C@]89C(=O)O[C@@](C)(CC(=O)CC(C)C)[C@H]8C(=O)C[C@@]9(C)C7=CC[C@H]6C5(C)C)OC[C@@H](OS(=O)(=O)O)[C@@H]4O)O[C@@H]3C)O[C@H](COS(=O)(=O)O)[C@H]2O)O[C@H](CO)[C@H]1O. The molecule has 1 spiro atoms. The fraction of sp³-hybridized carbons (Fsp3) is 0.907. The first-order valence-corrected chi connectivity index (χ1v) is 31.6. The maximum Gasteiger partial charge on any atom is 0.397 e. The molecule has 0 amide bonds. The maximum atomic E-state index is 14.4. The molecule has 10 N–H and O–H groups in total. The van der Waals surface area contributed by atoms with Gasteiger partial charge in [0.15, 0.2) is 25.2 Å². The van der Waals surface area contributed by atoms with E-state index in [1.54, 1.807) is 6.92 Å². The molecule has 0 aromatic heterocycles. The minimum absolute atomic E-state index is 0.0436. The number of carbonyl (C=O) groups excluding carboxylic acids is 3. The molecule has 0 aromatic carbocycles. The van der Waals surface area contributed by atoms with Crippen LogP contribution in [-0.2, 0) is 90.9 Å². The fourth-order valence-electron chi connectivity index (χ4n) is 16.3. The molecular weight excluding hydrogens is 1180 g/mol. The van der Waals surface area contributed by atoms with Crippen molar-refractivity contribution >= 4 is 38.3 Å². The predicted octanol–water partition coefficient (Wildman–Crippen LogP) is -1.30. The number of allylic oxidation sites excluding steroid dienone is 2. The number of Topliss-reactive ketones (excluding diaryl/α,β-unsaturated/α-hetero) is 2. The molecule has 8 fully saturated rings. The molecule has 0 unspecified atom stereocenters. The van der Waals surface area contributed by atoms with Gasteiger partial charge < -0.3 is 88.2 Å². The molecule has 4 aliphatic carbocycles. The van der Waals surface area contributed by atoms with Crippen LogP contribution in [0.5, 0.6) is 0 Å². The van der Waals surface area contributed by atoms with Crippen LogP contribution in [0, 0.1) is 45.3 Å². The Hall–Kier alpha value is -2.39. The summed E-state index contributed by atoms with van der Waals surface area (Å²) >= 11 is 0. The average molecular weight is 1260 g/mol. The predicted molar refractivity (Wildman–Crippen MR) is 282 cm³/mol. The van der Waals surface area contributed by atoms with Gasteiger partial charge in [-0.05, 0) is 74.5 Å². The monoisotopic (exact) mass is 1260 g/mol. The third-order valence-electron chi connectivity index (χ3n) is 20.2. The highest BCUT2D eigenvalue weighted by molar-refractivity contribution is 7.81. The normalized spacial score (nSPS) is 48.2. The number of aliphatic hydroxyl groups is 8. The molecule has 5 aliphatic heterocycles. The van der Waals surface area contributed by atoms with Crippen LogP contribution in [0.2, 0.25) is 0 Å². The van der Waals surface area contributed by atoms with Crippen molar-refractivity contribution in [3.8, 4) is 0 Å². The van der Waals surface area contributed by atoms with E-state index in [-0.39, 0.29) is 42.2 Å². The van der Waals surface area contributed by atoms with Gasteiger partial charge in [-0.15, -0.1) is 0 Å². The summed E-state index contributed by atoms with van der Waals surface area (Å²) in [5.41, 5.74) is -3.37. The molecular formula is C54H84O29S2. The van der Waals surface area contributed by atoms with E-state index in [9.17, 15) is 81.2 Å². The van der Waals surface area contributed by atoms with Crippen molar-refractivity contribution in [2.24, 2.45) is 45.3 Å². The van der Waals surface area contributed by atoms with Crippen LogP contribution in [0.25, 0.3) is 0 Å². The van der Waals surface area contributed by atoms with Crippen molar-refractivity contribution in [3.63, 3.8) is 0 Å². The van der Waals surface area contributed by atoms with E-state index in [1.807, 2.05) is 34.6 Å². The fourth-order valence-corrected chi connectivity index (χ4v) is 17.1. The van der Waals surface area contributed by atoms with Crippen molar-refractivity contribution in [1.82, 2.24) is 0 Å². The van der Waals surface area contributed by atoms with E-state index in [0.29, 0.717) is 38.5 Å². The molecule has 3 saturated carbocycles. The van der Waals surface area contributed by atoms with E-state index in [2.05, 4.69) is 17.2 Å². The van der Waals surface area contributed by atoms with Crippen molar-refractivity contribution < 1.29 is 137 Å². The second-order valence-corrected chi connectivity index (χ2v) is 28.5. The van der Waals surface area contributed by atoms with Gasteiger partial charge in [0.2, 0.25) is 0 Å². The first-order chi connectivity index (χ1) is 39.5. The molecule has 29 nitrogen and oxygen atoms in total. The van der Waals surface area contributed by atoms with Gasteiger partial charge in [-0.3, -0.25) is 23.5 Å². The molecule has 9 rings (SSSR count). The molecule has 0 aromatic rings. The molecule has 5 saturated heterocycles. The third-order valence-corrected chi connectivity index (χ3v) is 21.1. The first kappa shape index (κ1) is 67.0. The number of aliphatic hydroxyl groups excluding tert-OH is 8.